The summed E-state index contributed by atoms with van der Waals surface area (Å²) in [5.74, 6) is 0.260. The second kappa shape index (κ2) is 6.43. The van der Waals surface area contributed by atoms with E-state index in [1.54, 1.807) is 18.2 Å². The largest absolute Gasteiger partial charge is 0.397 e. The summed E-state index contributed by atoms with van der Waals surface area (Å²) in [5.41, 5.74) is 6.80. The van der Waals surface area contributed by atoms with Crippen molar-refractivity contribution in [3.63, 3.8) is 0 Å². The van der Waals surface area contributed by atoms with Crippen LogP contribution in [0.3, 0.4) is 0 Å². The van der Waals surface area contributed by atoms with Gasteiger partial charge in [0.05, 0.1) is 24.5 Å². The first-order chi connectivity index (χ1) is 9.51. The van der Waals surface area contributed by atoms with E-state index in [0.717, 1.165) is 13.0 Å². The third kappa shape index (κ3) is 3.42. The first-order valence-electron chi connectivity index (χ1n) is 6.71. The lowest BCUT2D eigenvalue weighted by molar-refractivity contribution is -0.117. The van der Waals surface area contributed by atoms with Crippen LogP contribution in [0.1, 0.15) is 13.3 Å². The molecule has 2 atom stereocenters. The number of aliphatic hydroxyl groups is 1. The molecular formula is C14H20ClN3O2. The van der Waals surface area contributed by atoms with E-state index in [4.69, 9.17) is 17.3 Å². The van der Waals surface area contributed by atoms with Crippen molar-refractivity contribution < 1.29 is 9.90 Å². The van der Waals surface area contributed by atoms with Gasteiger partial charge in [-0.3, -0.25) is 9.69 Å². The standard InChI is InChI=1S/C14H20ClN3O2/c1-9-4-5-18(13(9)8-19)7-14(20)17-12-6-10(15)2-3-11(12)16/h2-3,6,9,13,19H,4-5,7-8,16H2,1H3,(H,17,20). The Kier molecular flexibility index (Phi) is 4.86. The summed E-state index contributed by atoms with van der Waals surface area (Å²) in [6.45, 7) is 3.24. The van der Waals surface area contributed by atoms with Crippen molar-refractivity contribution in [3.05, 3.63) is 23.2 Å². The SMILES string of the molecule is CC1CCN(CC(=O)Nc2cc(Cl)ccc2N)C1CO. The monoisotopic (exact) mass is 297 g/mol. The molecule has 0 radical (unpaired) electrons. The second-order valence-electron chi connectivity index (χ2n) is 5.27. The molecule has 0 aromatic heterocycles. The minimum Gasteiger partial charge on any atom is -0.397 e. The molecule has 110 valence electrons. The Morgan fingerprint density at radius 1 is 1.60 bits per heavy atom. The highest BCUT2D eigenvalue weighted by Crippen LogP contribution is 2.25. The first kappa shape index (κ1) is 15.1. The summed E-state index contributed by atoms with van der Waals surface area (Å²) in [4.78, 5) is 14.1. The van der Waals surface area contributed by atoms with Crippen LogP contribution in [0, 0.1) is 5.92 Å². The topological polar surface area (TPSA) is 78.6 Å². The third-order valence-corrected chi connectivity index (χ3v) is 4.06. The molecule has 1 aromatic rings. The molecule has 0 spiro atoms. The number of aliphatic hydroxyl groups excluding tert-OH is 1. The molecule has 0 saturated carbocycles. The van der Waals surface area contributed by atoms with Gasteiger partial charge in [0.2, 0.25) is 5.91 Å². The molecule has 0 aliphatic carbocycles. The van der Waals surface area contributed by atoms with Crippen molar-refractivity contribution in [2.24, 2.45) is 5.92 Å². The van der Waals surface area contributed by atoms with Crippen molar-refractivity contribution in [1.29, 1.82) is 0 Å². The number of rotatable bonds is 4. The molecule has 1 amide bonds. The van der Waals surface area contributed by atoms with E-state index < -0.39 is 0 Å². The fourth-order valence-corrected chi connectivity index (χ4v) is 2.76. The number of carbonyl (C=O) groups is 1. The molecule has 2 unspecified atom stereocenters. The number of likely N-dealkylation sites (tertiary alicyclic amines) is 1. The lowest BCUT2D eigenvalue weighted by atomic mass is 10.0. The zero-order valence-corrected chi connectivity index (χ0v) is 12.2. The maximum atomic E-state index is 12.1. The zero-order valence-electron chi connectivity index (χ0n) is 11.5. The molecule has 1 aliphatic heterocycles. The molecule has 6 heteroatoms. The van der Waals surface area contributed by atoms with E-state index in [2.05, 4.69) is 12.2 Å². The Balaban J connectivity index is 1.97. The van der Waals surface area contributed by atoms with Crippen molar-refractivity contribution in [3.8, 4) is 0 Å². The first-order valence-corrected chi connectivity index (χ1v) is 7.09. The van der Waals surface area contributed by atoms with Crippen LogP contribution in [-0.2, 0) is 4.79 Å². The van der Waals surface area contributed by atoms with Gasteiger partial charge in [0.25, 0.3) is 0 Å². The molecule has 4 N–H and O–H groups in total. The fraction of sp³-hybridized carbons (Fsp3) is 0.500. The van der Waals surface area contributed by atoms with Crippen LogP contribution in [0.2, 0.25) is 5.02 Å². The van der Waals surface area contributed by atoms with Crippen LogP contribution >= 0.6 is 11.6 Å². The smallest absolute Gasteiger partial charge is 0.238 e. The predicted octanol–water partition coefficient (Wildman–Crippen LogP) is 1.56. The molecular weight excluding hydrogens is 278 g/mol. The number of nitrogens with one attached hydrogen (secondary N) is 1. The Morgan fingerprint density at radius 3 is 3.05 bits per heavy atom. The average Bonchev–Trinajstić information content (AvgIpc) is 2.74. The number of nitrogens with zero attached hydrogens (tertiary/aromatic N) is 1. The summed E-state index contributed by atoms with van der Waals surface area (Å²) in [6, 6.07) is 5.02. The van der Waals surface area contributed by atoms with Crippen LogP contribution in [0.15, 0.2) is 18.2 Å². The highest BCUT2D eigenvalue weighted by Gasteiger charge is 2.31. The molecule has 0 bridgehead atoms. The van der Waals surface area contributed by atoms with Crippen molar-refractivity contribution in [2.75, 3.05) is 30.7 Å². The van der Waals surface area contributed by atoms with Crippen molar-refractivity contribution in [1.82, 2.24) is 4.90 Å². The number of halogens is 1. The summed E-state index contributed by atoms with van der Waals surface area (Å²) in [5, 5.41) is 12.7. The minimum absolute atomic E-state index is 0.0532. The quantitative estimate of drug-likeness (QED) is 0.737. The average molecular weight is 298 g/mol. The number of benzene rings is 1. The van der Waals surface area contributed by atoms with Gasteiger partial charge in [-0.15, -0.1) is 0 Å². The van der Waals surface area contributed by atoms with E-state index >= 15 is 0 Å². The van der Waals surface area contributed by atoms with Gasteiger partial charge in [0, 0.05) is 11.1 Å². The maximum absolute atomic E-state index is 12.1. The zero-order chi connectivity index (χ0) is 14.7. The van der Waals surface area contributed by atoms with Crippen LogP contribution in [0.25, 0.3) is 0 Å². The molecule has 1 heterocycles. The lowest BCUT2D eigenvalue weighted by Gasteiger charge is -2.24. The Labute approximate surface area is 123 Å². The maximum Gasteiger partial charge on any atom is 0.238 e. The van der Waals surface area contributed by atoms with Crippen LogP contribution < -0.4 is 11.1 Å². The number of anilines is 2. The summed E-state index contributed by atoms with van der Waals surface area (Å²) >= 11 is 5.88. The number of carbonyl (C=O) groups excluding carboxylic acids is 1. The highest BCUT2D eigenvalue weighted by molar-refractivity contribution is 6.31. The van der Waals surface area contributed by atoms with Crippen LogP contribution in [-0.4, -0.2) is 41.7 Å². The van der Waals surface area contributed by atoms with Gasteiger partial charge < -0.3 is 16.2 Å². The predicted molar refractivity (Wildman–Crippen MR) is 80.7 cm³/mol. The van der Waals surface area contributed by atoms with Crippen LogP contribution in [0.5, 0.6) is 0 Å². The van der Waals surface area contributed by atoms with Gasteiger partial charge in [-0.2, -0.15) is 0 Å². The molecule has 1 aliphatic rings. The Morgan fingerprint density at radius 2 is 2.35 bits per heavy atom. The van der Waals surface area contributed by atoms with Gasteiger partial charge >= 0.3 is 0 Å². The van der Waals surface area contributed by atoms with E-state index in [9.17, 15) is 9.90 Å². The van der Waals surface area contributed by atoms with Gasteiger partial charge in [0.1, 0.15) is 0 Å². The van der Waals surface area contributed by atoms with E-state index in [1.807, 2.05) is 4.90 Å². The summed E-state index contributed by atoms with van der Waals surface area (Å²) in [6.07, 6.45) is 0.998. The van der Waals surface area contributed by atoms with Crippen molar-refractivity contribution in [2.45, 2.75) is 19.4 Å². The van der Waals surface area contributed by atoms with Gasteiger partial charge in [-0.1, -0.05) is 18.5 Å². The number of nitrogens with two attached hydrogens (primary N) is 1. The van der Waals surface area contributed by atoms with E-state index in [0.29, 0.717) is 22.3 Å². The number of hydrogen-bond donors (Lipinski definition) is 3. The Bertz CT molecular complexity index is 495. The number of nitrogen functional groups attached to an aromatic ring is 1. The number of hydrogen-bond acceptors (Lipinski definition) is 4. The minimum atomic E-state index is -0.147. The summed E-state index contributed by atoms with van der Waals surface area (Å²) in [7, 11) is 0. The highest BCUT2D eigenvalue weighted by atomic mass is 35.5. The van der Waals surface area contributed by atoms with Gasteiger partial charge in [-0.25, -0.2) is 0 Å². The second-order valence-corrected chi connectivity index (χ2v) is 5.70. The number of amides is 1. The molecule has 1 fully saturated rings. The molecule has 1 aromatic carbocycles. The summed E-state index contributed by atoms with van der Waals surface area (Å²) < 4.78 is 0. The van der Waals surface area contributed by atoms with Crippen molar-refractivity contribution >= 4 is 28.9 Å². The van der Waals surface area contributed by atoms with Gasteiger partial charge in [-0.05, 0) is 37.1 Å². The normalized spacial score (nSPS) is 22.9. The Hall–Kier alpha value is -1.30. The third-order valence-electron chi connectivity index (χ3n) is 3.82. The lowest BCUT2D eigenvalue weighted by Crippen LogP contribution is -2.40. The molecule has 5 nitrogen and oxygen atoms in total. The fourth-order valence-electron chi connectivity index (χ4n) is 2.59. The van der Waals surface area contributed by atoms with Gasteiger partial charge in [0.15, 0.2) is 0 Å². The van der Waals surface area contributed by atoms with E-state index in [-0.39, 0.29) is 25.1 Å². The molecule has 20 heavy (non-hydrogen) atoms. The molecule has 1 saturated heterocycles. The van der Waals surface area contributed by atoms with Crippen LogP contribution in [0.4, 0.5) is 11.4 Å². The van der Waals surface area contributed by atoms with E-state index in [1.165, 1.54) is 0 Å². The molecule has 2 rings (SSSR count).